The maximum atomic E-state index is 12.2. The van der Waals surface area contributed by atoms with Crippen molar-refractivity contribution in [2.45, 2.75) is 27.7 Å². The van der Waals surface area contributed by atoms with Gasteiger partial charge in [-0.15, -0.1) is 11.3 Å². The number of carbonyl (C=O) groups excluding carboxylic acids is 2. The van der Waals surface area contributed by atoms with Crippen LogP contribution in [0.5, 0.6) is 5.75 Å². The molecular formula is C19H20N2O4S. The molecule has 0 atom stereocenters. The third kappa shape index (κ3) is 4.21. The van der Waals surface area contributed by atoms with Crippen molar-refractivity contribution in [1.29, 1.82) is 5.26 Å². The molecule has 0 bridgehead atoms. The Balaban J connectivity index is 2.11. The molecule has 1 aromatic heterocycles. The van der Waals surface area contributed by atoms with E-state index in [0.717, 1.165) is 22.5 Å². The van der Waals surface area contributed by atoms with Crippen molar-refractivity contribution in [3.8, 4) is 11.8 Å². The van der Waals surface area contributed by atoms with E-state index in [1.807, 2.05) is 32.0 Å². The largest absolute Gasteiger partial charge is 0.483 e. The van der Waals surface area contributed by atoms with Crippen LogP contribution in [-0.4, -0.2) is 25.1 Å². The van der Waals surface area contributed by atoms with Gasteiger partial charge in [0.25, 0.3) is 5.91 Å². The Hall–Kier alpha value is -2.85. The molecule has 1 heterocycles. The molecule has 0 saturated carbocycles. The van der Waals surface area contributed by atoms with E-state index in [0.29, 0.717) is 21.2 Å². The number of nitrogens with zero attached hydrogens (tertiary/aromatic N) is 1. The number of hydrogen-bond donors (Lipinski definition) is 1. The molecule has 1 amide bonds. The Morgan fingerprint density at radius 2 is 1.96 bits per heavy atom. The molecule has 0 saturated heterocycles. The average Bonchev–Trinajstić information content (AvgIpc) is 2.92. The second-order valence-electron chi connectivity index (χ2n) is 5.63. The molecule has 2 rings (SSSR count). The number of carbonyl (C=O) groups is 2. The van der Waals surface area contributed by atoms with Gasteiger partial charge in [0.15, 0.2) is 6.61 Å². The lowest BCUT2D eigenvalue weighted by atomic mass is 10.1. The number of thiophene rings is 1. The standard InChI is InChI=1S/C19H20N2O4S/c1-5-24-19(23)17-13(4)14(9-20)18(26-17)21-16(22)10-25-15-8-6-7-11(2)12(15)3/h6-8H,5,10H2,1-4H3,(H,21,22). The molecule has 0 unspecified atom stereocenters. The maximum Gasteiger partial charge on any atom is 0.348 e. The highest BCUT2D eigenvalue weighted by molar-refractivity contribution is 7.18. The van der Waals surface area contributed by atoms with Gasteiger partial charge in [0, 0.05) is 0 Å². The number of aryl methyl sites for hydroxylation is 1. The minimum Gasteiger partial charge on any atom is -0.483 e. The predicted molar refractivity (Wildman–Crippen MR) is 99.8 cm³/mol. The lowest BCUT2D eigenvalue weighted by Gasteiger charge is -2.10. The van der Waals surface area contributed by atoms with Crippen LogP contribution in [0.15, 0.2) is 18.2 Å². The fourth-order valence-corrected chi connectivity index (χ4v) is 3.38. The third-order valence-electron chi connectivity index (χ3n) is 3.89. The van der Waals surface area contributed by atoms with Crippen LogP contribution in [0.3, 0.4) is 0 Å². The van der Waals surface area contributed by atoms with E-state index < -0.39 is 11.9 Å². The van der Waals surface area contributed by atoms with Crippen molar-refractivity contribution in [3.05, 3.63) is 45.3 Å². The zero-order chi connectivity index (χ0) is 19.3. The van der Waals surface area contributed by atoms with Gasteiger partial charge in [-0.25, -0.2) is 4.79 Å². The number of rotatable bonds is 6. The van der Waals surface area contributed by atoms with Crippen LogP contribution in [-0.2, 0) is 9.53 Å². The van der Waals surface area contributed by atoms with Crippen LogP contribution in [0, 0.1) is 32.1 Å². The van der Waals surface area contributed by atoms with Crippen molar-refractivity contribution in [1.82, 2.24) is 0 Å². The van der Waals surface area contributed by atoms with Crippen LogP contribution < -0.4 is 10.1 Å². The molecule has 1 aromatic carbocycles. The van der Waals surface area contributed by atoms with Crippen LogP contribution in [0.2, 0.25) is 0 Å². The highest BCUT2D eigenvalue weighted by atomic mass is 32.1. The first-order valence-corrected chi connectivity index (χ1v) is 8.90. The minimum absolute atomic E-state index is 0.194. The van der Waals surface area contributed by atoms with Gasteiger partial charge in [-0.1, -0.05) is 12.1 Å². The summed E-state index contributed by atoms with van der Waals surface area (Å²) < 4.78 is 10.5. The van der Waals surface area contributed by atoms with Crippen molar-refractivity contribution in [2.24, 2.45) is 0 Å². The van der Waals surface area contributed by atoms with Crippen molar-refractivity contribution >= 4 is 28.2 Å². The molecule has 136 valence electrons. The number of amides is 1. The van der Waals surface area contributed by atoms with Gasteiger partial charge >= 0.3 is 5.97 Å². The number of benzene rings is 1. The number of hydrogen-bond acceptors (Lipinski definition) is 6. The van der Waals surface area contributed by atoms with Gasteiger partial charge in [-0.3, -0.25) is 4.79 Å². The first-order valence-electron chi connectivity index (χ1n) is 8.08. The van der Waals surface area contributed by atoms with E-state index in [2.05, 4.69) is 5.32 Å². The summed E-state index contributed by atoms with van der Waals surface area (Å²) in [6.07, 6.45) is 0. The molecule has 7 heteroatoms. The smallest absolute Gasteiger partial charge is 0.348 e. The van der Waals surface area contributed by atoms with Crippen LogP contribution >= 0.6 is 11.3 Å². The van der Waals surface area contributed by atoms with E-state index >= 15 is 0 Å². The molecule has 0 fully saturated rings. The molecular weight excluding hydrogens is 352 g/mol. The first kappa shape index (κ1) is 19.5. The van der Waals surface area contributed by atoms with Gasteiger partial charge in [-0.2, -0.15) is 5.26 Å². The summed E-state index contributed by atoms with van der Waals surface area (Å²) in [6.45, 7) is 7.30. The molecule has 2 aromatic rings. The van der Waals surface area contributed by atoms with E-state index in [9.17, 15) is 14.9 Å². The van der Waals surface area contributed by atoms with Gasteiger partial charge in [0.2, 0.25) is 0 Å². The fraction of sp³-hybridized carbons (Fsp3) is 0.316. The summed E-state index contributed by atoms with van der Waals surface area (Å²) in [5.41, 5.74) is 2.80. The molecule has 1 N–H and O–H groups in total. The molecule has 0 radical (unpaired) electrons. The van der Waals surface area contributed by atoms with Crippen LogP contribution in [0.4, 0.5) is 5.00 Å². The molecule has 0 aliphatic carbocycles. The second-order valence-corrected chi connectivity index (χ2v) is 6.65. The lowest BCUT2D eigenvalue weighted by Crippen LogP contribution is -2.20. The predicted octanol–water partition coefficient (Wildman–Crippen LogP) is 3.74. The monoisotopic (exact) mass is 372 g/mol. The normalized spacial score (nSPS) is 10.1. The summed E-state index contributed by atoms with van der Waals surface area (Å²) in [7, 11) is 0. The van der Waals surface area contributed by atoms with Crippen LogP contribution in [0.1, 0.15) is 38.8 Å². The molecule has 26 heavy (non-hydrogen) atoms. The van der Waals surface area contributed by atoms with E-state index in [-0.39, 0.29) is 18.8 Å². The van der Waals surface area contributed by atoms with Crippen molar-refractivity contribution in [2.75, 3.05) is 18.5 Å². The van der Waals surface area contributed by atoms with Gasteiger partial charge in [0.1, 0.15) is 21.7 Å². The van der Waals surface area contributed by atoms with E-state index in [4.69, 9.17) is 9.47 Å². The van der Waals surface area contributed by atoms with Crippen LogP contribution in [0.25, 0.3) is 0 Å². The Labute approximate surface area is 156 Å². The number of anilines is 1. The number of esters is 1. The quantitative estimate of drug-likeness (QED) is 0.780. The lowest BCUT2D eigenvalue weighted by molar-refractivity contribution is -0.118. The number of ether oxygens (including phenoxy) is 2. The highest BCUT2D eigenvalue weighted by Crippen LogP contribution is 2.33. The topological polar surface area (TPSA) is 88.4 Å². The van der Waals surface area contributed by atoms with Crippen molar-refractivity contribution in [3.63, 3.8) is 0 Å². The highest BCUT2D eigenvalue weighted by Gasteiger charge is 2.22. The van der Waals surface area contributed by atoms with E-state index in [1.165, 1.54) is 0 Å². The summed E-state index contributed by atoms with van der Waals surface area (Å²) in [5, 5.41) is 12.3. The minimum atomic E-state index is -0.501. The van der Waals surface area contributed by atoms with E-state index in [1.54, 1.807) is 19.9 Å². The summed E-state index contributed by atoms with van der Waals surface area (Å²) in [5.74, 6) is -0.270. The number of nitriles is 1. The maximum absolute atomic E-state index is 12.2. The Bertz CT molecular complexity index is 880. The molecule has 6 nitrogen and oxygen atoms in total. The zero-order valence-electron chi connectivity index (χ0n) is 15.1. The average molecular weight is 372 g/mol. The third-order valence-corrected chi connectivity index (χ3v) is 5.07. The SMILES string of the molecule is CCOC(=O)c1sc(NC(=O)COc2cccc(C)c2C)c(C#N)c1C. The Morgan fingerprint density at radius 1 is 1.23 bits per heavy atom. The summed E-state index contributed by atoms with van der Waals surface area (Å²) >= 11 is 1.03. The second kappa shape index (κ2) is 8.50. The van der Waals surface area contributed by atoms with Crippen molar-refractivity contribution < 1.29 is 19.1 Å². The van der Waals surface area contributed by atoms with Gasteiger partial charge in [-0.05, 0) is 50.5 Å². The summed E-state index contributed by atoms with van der Waals surface area (Å²) in [4.78, 5) is 24.5. The molecule has 0 aliphatic rings. The number of nitrogens with one attached hydrogen (secondary N) is 1. The Morgan fingerprint density at radius 3 is 2.62 bits per heavy atom. The fourth-order valence-electron chi connectivity index (χ4n) is 2.31. The summed E-state index contributed by atoms with van der Waals surface area (Å²) in [6, 6.07) is 7.64. The molecule has 0 spiro atoms. The molecule has 0 aliphatic heterocycles. The van der Waals surface area contributed by atoms with Gasteiger partial charge < -0.3 is 14.8 Å². The Kier molecular flexibility index (Phi) is 6.36. The zero-order valence-corrected chi connectivity index (χ0v) is 16.0. The first-order chi connectivity index (χ1) is 12.4. The van der Waals surface area contributed by atoms with Gasteiger partial charge in [0.05, 0.1) is 12.2 Å².